The topological polar surface area (TPSA) is 82.5 Å². The summed E-state index contributed by atoms with van der Waals surface area (Å²) in [5, 5.41) is 7.17. The van der Waals surface area contributed by atoms with E-state index in [0.29, 0.717) is 16.1 Å². The van der Waals surface area contributed by atoms with Crippen molar-refractivity contribution in [2.75, 3.05) is 32.2 Å². The Morgan fingerprint density at radius 3 is 3.14 bits per heavy atom. The standard InChI is InChI=1S/C13H18BrN3O4/c1-20-11(18)7-17-13(19)12(14)10(6-16-17)15-5-9-3-2-4-21-8-9/h6,9,15H,2-5,7-8H2,1H3. The van der Waals surface area contributed by atoms with Crippen LogP contribution in [0.15, 0.2) is 15.5 Å². The molecule has 1 aromatic rings. The fourth-order valence-corrected chi connectivity index (χ4v) is 2.56. The van der Waals surface area contributed by atoms with Gasteiger partial charge in [-0.15, -0.1) is 0 Å². The van der Waals surface area contributed by atoms with Crippen LogP contribution in [0, 0.1) is 5.92 Å². The number of hydrogen-bond donors (Lipinski definition) is 1. The van der Waals surface area contributed by atoms with Crippen molar-refractivity contribution in [2.45, 2.75) is 19.4 Å². The molecule has 0 aliphatic carbocycles. The van der Waals surface area contributed by atoms with Gasteiger partial charge in [-0.3, -0.25) is 9.59 Å². The Bertz CT molecular complexity index is 555. The van der Waals surface area contributed by atoms with Crippen molar-refractivity contribution in [3.63, 3.8) is 0 Å². The maximum absolute atomic E-state index is 12.1. The largest absolute Gasteiger partial charge is 0.468 e. The lowest BCUT2D eigenvalue weighted by atomic mass is 10.0. The minimum atomic E-state index is -0.517. The summed E-state index contributed by atoms with van der Waals surface area (Å²) in [6.45, 7) is 2.08. The lowest BCUT2D eigenvalue weighted by Crippen LogP contribution is -2.29. The molecule has 2 rings (SSSR count). The zero-order chi connectivity index (χ0) is 15.2. The normalized spacial score (nSPS) is 18.3. The van der Waals surface area contributed by atoms with Crippen LogP contribution in [0.3, 0.4) is 0 Å². The summed E-state index contributed by atoms with van der Waals surface area (Å²) in [7, 11) is 1.27. The molecule has 1 saturated heterocycles. The summed E-state index contributed by atoms with van der Waals surface area (Å²) in [4.78, 5) is 23.3. The molecule has 0 radical (unpaired) electrons. The molecule has 7 nitrogen and oxygen atoms in total. The van der Waals surface area contributed by atoms with Gasteiger partial charge in [0, 0.05) is 13.2 Å². The highest BCUT2D eigenvalue weighted by Gasteiger charge is 2.16. The molecule has 0 spiro atoms. The Morgan fingerprint density at radius 1 is 1.67 bits per heavy atom. The van der Waals surface area contributed by atoms with Gasteiger partial charge in [-0.1, -0.05) is 0 Å². The molecular formula is C13H18BrN3O4. The van der Waals surface area contributed by atoms with Gasteiger partial charge in [0.1, 0.15) is 11.0 Å². The molecule has 8 heteroatoms. The summed E-state index contributed by atoms with van der Waals surface area (Å²) in [6, 6.07) is 0. The summed E-state index contributed by atoms with van der Waals surface area (Å²) in [5.41, 5.74) is 0.247. The quantitative estimate of drug-likeness (QED) is 0.790. The maximum atomic E-state index is 12.1. The number of ether oxygens (including phenoxy) is 2. The monoisotopic (exact) mass is 359 g/mol. The van der Waals surface area contributed by atoms with Crippen molar-refractivity contribution in [2.24, 2.45) is 5.92 Å². The highest BCUT2D eigenvalue weighted by molar-refractivity contribution is 9.10. The van der Waals surface area contributed by atoms with E-state index in [9.17, 15) is 9.59 Å². The predicted octanol–water partition coefficient (Wildman–Crippen LogP) is 1.02. The number of esters is 1. The minimum Gasteiger partial charge on any atom is -0.468 e. The van der Waals surface area contributed by atoms with Gasteiger partial charge in [0.15, 0.2) is 0 Å². The Labute approximate surface area is 130 Å². The van der Waals surface area contributed by atoms with Gasteiger partial charge in [0.25, 0.3) is 5.56 Å². The first-order valence-electron chi connectivity index (χ1n) is 6.76. The SMILES string of the molecule is COC(=O)Cn1ncc(NCC2CCCOC2)c(Br)c1=O. The molecule has 0 bridgehead atoms. The zero-order valence-corrected chi connectivity index (χ0v) is 13.4. The molecule has 1 fully saturated rings. The van der Waals surface area contributed by atoms with E-state index >= 15 is 0 Å². The maximum Gasteiger partial charge on any atom is 0.327 e. The van der Waals surface area contributed by atoms with Gasteiger partial charge in [-0.05, 0) is 34.7 Å². The van der Waals surface area contributed by atoms with Crippen molar-refractivity contribution in [3.8, 4) is 0 Å². The second-order valence-corrected chi connectivity index (χ2v) is 5.67. The van der Waals surface area contributed by atoms with Crippen LogP contribution in [-0.2, 0) is 20.8 Å². The van der Waals surface area contributed by atoms with Crippen molar-refractivity contribution in [1.29, 1.82) is 0 Å². The average Bonchev–Trinajstić information content (AvgIpc) is 2.52. The number of anilines is 1. The van der Waals surface area contributed by atoms with Crippen molar-refractivity contribution >= 4 is 27.6 Å². The number of carbonyl (C=O) groups excluding carboxylic acids is 1. The van der Waals surface area contributed by atoms with Gasteiger partial charge in [0.05, 0.1) is 25.6 Å². The minimum absolute atomic E-state index is 0.204. The molecule has 1 aromatic heterocycles. The third kappa shape index (κ3) is 4.28. The predicted molar refractivity (Wildman–Crippen MR) is 80.2 cm³/mol. The molecule has 2 heterocycles. The van der Waals surface area contributed by atoms with Crippen LogP contribution in [0.4, 0.5) is 5.69 Å². The van der Waals surface area contributed by atoms with Gasteiger partial charge >= 0.3 is 5.97 Å². The molecule has 1 N–H and O–H groups in total. The first-order chi connectivity index (χ1) is 10.1. The fourth-order valence-electron chi connectivity index (χ4n) is 2.11. The molecular weight excluding hydrogens is 342 g/mol. The number of methoxy groups -OCH3 is 1. The Kier molecular flexibility index (Phi) is 5.75. The van der Waals surface area contributed by atoms with Crippen LogP contribution in [0.2, 0.25) is 0 Å². The molecule has 0 amide bonds. The van der Waals surface area contributed by atoms with E-state index in [4.69, 9.17) is 4.74 Å². The van der Waals surface area contributed by atoms with Crippen molar-refractivity contribution in [1.82, 2.24) is 9.78 Å². The van der Waals surface area contributed by atoms with Crippen LogP contribution in [0.1, 0.15) is 12.8 Å². The van der Waals surface area contributed by atoms with E-state index in [-0.39, 0.29) is 12.1 Å². The smallest absolute Gasteiger partial charge is 0.327 e. The van der Waals surface area contributed by atoms with Crippen LogP contribution >= 0.6 is 15.9 Å². The van der Waals surface area contributed by atoms with E-state index < -0.39 is 5.97 Å². The third-order valence-electron chi connectivity index (χ3n) is 3.33. The molecule has 0 saturated carbocycles. The van der Waals surface area contributed by atoms with Gasteiger partial charge in [0.2, 0.25) is 0 Å². The van der Waals surface area contributed by atoms with Gasteiger partial charge < -0.3 is 14.8 Å². The van der Waals surface area contributed by atoms with Crippen LogP contribution < -0.4 is 10.9 Å². The number of nitrogens with zero attached hydrogens (tertiary/aromatic N) is 2. The molecule has 116 valence electrons. The molecule has 0 aromatic carbocycles. The average molecular weight is 360 g/mol. The van der Waals surface area contributed by atoms with E-state index in [1.54, 1.807) is 0 Å². The summed E-state index contributed by atoms with van der Waals surface area (Å²) in [5.74, 6) is -0.0836. The lowest BCUT2D eigenvalue weighted by molar-refractivity contribution is -0.141. The first kappa shape index (κ1) is 16.0. The number of aromatic nitrogens is 2. The molecule has 21 heavy (non-hydrogen) atoms. The second-order valence-electron chi connectivity index (χ2n) is 4.88. The number of halogens is 1. The van der Waals surface area contributed by atoms with E-state index in [2.05, 4.69) is 31.1 Å². The van der Waals surface area contributed by atoms with Crippen LogP contribution in [0.5, 0.6) is 0 Å². The van der Waals surface area contributed by atoms with Crippen molar-refractivity contribution < 1.29 is 14.3 Å². The summed E-state index contributed by atoms with van der Waals surface area (Å²) >= 11 is 3.25. The van der Waals surface area contributed by atoms with Gasteiger partial charge in [-0.25, -0.2) is 4.68 Å². The van der Waals surface area contributed by atoms with E-state index in [0.717, 1.165) is 37.3 Å². The fraction of sp³-hybridized carbons (Fsp3) is 0.615. The number of nitrogens with one attached hydrogen (secondary N) is 1. The summed E-state index contributed by atoms with van der Waals surface area (Å²) in [6.07, 6.45) is 3.70. The molecule has 1 atom stereocenters. The van der Waals surface area contributed by atoms with Crippen molar-refractivity contribution in [3.05, 3.63) is 21.0 Å². The summed E-state index contributed by atoms with van der Waals surface area (Å²) < 4.78 is 11.4. The van der Waals surface area contributed by atoms with Gasteiger partial charge in [-0.2, -0.15) is 5.10 Å². The number of hydrogen-bond acceptors (Lipinski definition) is 6. The Morgan fingerprint density at radius 2 is 2.48 bits per heavy atom. The van der Waals surface area contributed by atoms with Crippen LogP contribution in [0.25, 0.3) is 0 Å². The van der Waals surface area contributed by atoms with Crippen LogP contribution in [-0.4, -0.2) is 42.6 Å². The number of carbonyl (C=O) groups is 1. The lowest BCUT2D eigenvalue weighted by Gasteiger charge is -2.22. The second kappa shape index (κ2) is 7.56. The van der Waals surface area contributed by atoms with E-state index in [1.165, 1.54) is 13.3 Å². The zero-order valence-electron chi connectivity index (χ0n) is 11.8. The third-order valence-corrected chi connectivity index (χ3v) is 4.09. The Balaban J connectivity index is 2.02. The Hall–Kier alpha value is -1.41. The number of rotatable bonds is 5. The molecule has 1 aliphatic heterocycles. The first-order valence-corrected chi connectivity index (χ1v) is 7.55. The molecule has 1 unspecified atom stereocenters. The highest BCUT2D eigenvalue weighted by atomic mass is 79.9. The molecule has 1 aliphatic rings. The van der Waals surface area contributed by atoms with E-state index in [1.807, 2.05) is 0 Å². The highest BCUT2D eigenvalue weighted by Crippen LogP contribution is 2.19.